The van der Waals surface area contributed by atoms with Crippen molar-refractivity contribution in [1.29, 1.82) is 5.26 Å². The van der Waals surface area contributed by atoms with Gasteiger partial charge in [0, 0.05) is 26.2 Å². The minimum absolute atomic E-state index is 0.0353. The fourth-order valence-electron chi connectivity index (χ4n) is 4.67. The van der Waals surface area contributed by atoms with Gasteiger partial charge >= 0.3 is 6.18 Å². The lowest BCUT2D eigenvalue weighted by Crippen LogP contribution is -2.53. The number of carbonyl (C=O) groups is 2. The molecule has 0 saturated carbocycles. The molecule has 1 aromatic heterocycles. The summed E-state index contributed by atoms with van der Waals surface area (Å²) >= 11 is 0. The van der Waals surface area contributed by atoms with Gasteiger partial charge in [-0.05, 0) is 41.3 Å². The second kappa shape index (κ2) is 13.3. The summed E-state index contributed by atoms with van der Waals surface area (Å²) in [5.74, 6) is -0.847. The predicted octanol–water partition coefficient (Wildman–Crippen LogP) is 4.28. The highest BCUT2D eigenvalue weighted by molar-refractivity contribution is 5.95. The standard InChI is InChI=1S/C30H31F3N6O2/c1-21(23-9-7-22(15-34)8-10-23)16-35-18-26(24-5-3-2-4-6-24)29(41)37-27-12-11-25(17-36-27)38-13-14-39(28(40)19-38)20-30(31,32)33/h2-12,17,21,26,35H,13-14,16,18-20H2,1H3,(H,36,37,41)/t21-,26?/m0/s1. The van der Waals surface area contributed by atoms with Crippen molar-refractivity contribution in [2.75, 3.05) is 49.5 Å². The van der Waals surface area contributed by atoms with Crippen molar-refractivity contribution < 1.29 is 22.8 Å². The molecule has 2 N–H and O–H groups in total. The fraction of sp³-hybridized carbons (Fsp3) is 0.333. The van der Waals surface area contributed by atoms with Gasteiger partial charge in [-0.3, -0.25) is 9.59 Å². The molecule has 1 fully saturated rings. The molecular formula is C30H31F3N6O2. The normalized spacial score (nSPS) is 15.2. The Balaban J connectivity index is 1.35. The third kappa shape index (κ3) is 8.28. The number of hydrogen-bond donors (Lipinski definition) is 2. The van der Waals surface area contributed by atoms with Gasteiger partial charge < -0.3 is 20.4 Å². The highest BCUT2D eigenvalue weighted by Gasteiger charge is 2.35. The van der Waals surface area contributed by atoms with E-state index in [2.05, 4.69) is 28.6 Å². The molecule has 2 aromatic carbocycles. The average molecular weight is 565 g/mol. The van der Waals surface area contributed by atoms with Gasteiger partial charge in [-0.1, -0.05) is 49.4 Å². The zero-order valence-electron chi connectivity index (χ0n) is 22.6. The van der Waals surface area contributed by atoms with Crippen molar-refractivity contribution in [2.45, 2.75) is 24.9 Å². The van der Waals surface area contributed by atoms with E-state index in [0.717, 1.165) is 16.0 Å². The van der Waals surface area contributed by atoms with Crippen LogP contribution in [0.2, 0.25) is 0 Å². The van der Waals surface area contributed by atoms with Gasteiger partial charge in [0.15, 0.2) is 0 Å². The summed E-state index contributed by atoms with van der Waals surface area (Å²) in [6.45, 7) is 1.87. The highest BCUT2D eigenvalue weighted by Crippen LogP contribution is 2.23. The number of aromatic nitrogens is 1. The SMILES string of the molecule is C[C@@H](CNCC(C(=O)Nc1ccc(N2CCN(CC(F)(F)F)C(=O)C2)cn1)c1ccccc1)c1ccc(C#N)cc1. The number of nitriles is 1. The molecule has 1 aliphatic rings. The van der Waals surface area contributed by atoms with E-state index in [1.54, 1.807) is 29.2 Å². The first-order valence-corrected chi connectivity index (χ1v) is 13.2. The van der Waals surface area contributed by atoms with E-state index >= 15 is 0 Å². The number of nitrogens with one attached hydrogen (secondary N) is 2. The van der Waals surface area contributed by atoms with Crippen LogP contribution in [-0.4, -0.2) is 67.1 Å². The lowest BCUT2D eigenvalue weighted by molar-refractivity contribution is -0.161. The molecule has 0 radical (unpaired) electrons. The molecule has 0 spiro atoms. The second-order valence-corrected chi connectivity index (χ2v) is 10.00. The zero-order chi connectivity index (χ0) is 29.4. The zero-order valence-corrected chi connectivity index (χ0v) is 22.6. The molecule has 8 nitrogen and oxygen atoms in total. The Morgan fingerprint density at radius 3 is 2.37 bits per heavy atom. The average Bonchev–Trinajstić information content (AvgIpc) is 2.96. The fourth-order valence-corrected chi connectivity index (χ4v) is 4.67. The number of piperazine rings is 1. The van der Waals surface area contributed by atoms with Crippen LogP contribution < -0.4 is 15.5 Å². The van der Waals surface area contributed by atoms with Crippen LogP contribution in [0.15, 0.2) is 72.9 Å². The second-order valence-electron chi connectivity index (χ2n) is 10.00. The number of pyridine rings is 1. The summed E-state index contributed by atoms with van der Waals surface area (Å²) in [5.41, 5.74) is 3.12. The predicted molar refractivity (Wildman–Crippen MR) is 149 cm³/mol. The van der Waals surface area contributed by atoms with Gasteiger partial charge in [0.25, 0.3) is 0 Å². The van der Waals surface area contributed by atoms with E-state index in [-0.39, 0.29) is 31.5 Å². The molecule has 214 valence electrons. The number of alkyl halides is 3. The summed E-state index contributed by atoms with van der Waals surface area (Å²) in [5, 5.41) is 15.3. The van der Waals surface area contributed by atoms with Crippen LogP contribution in [0.4, 0.5) is 24.7 Å². The van der Waals surface area contributed by atoms with Crippen LogP contribution in [0, 0.1) is 11.3 Å². The first-order chi connectivity index (χ1) is 19.6. The Labute approximate surface area is 236 Å². The maximum atomic E-state index is 13.3. The molecule has 0 bridgehead atoms. The summed E-state index contributed by atoms with van der Waals surface area (Å²) in [6.07, 6.45) is -2.94. The number of hydrogen-bond acceptors (Lipinski definition) is 6. The first kappa shape index (κ1) is 29.6. The smallest absolute Gasteiger partial charge is 0.359 e. The van der Waals surface area contributed by atoms with Gasteiger partial charge in [0.05, 0.1) is 36.0 Å². The van der Waals surface area contributed by atoms with E-state index in [4.69, 9.17) is 5.26 Å². The summed E-state index contributed by atoms with van der Waals surface area (Å²) in [7, 11) is 0. The molecule has 2 atom stereocenters. The Kier molecular flexibility index (Phi) is 9.57. The number of nitrogens with zero attached hydrogens (tertiary/aromatic N) is 4. The molecule has 1 unspecified atom stereocenters. The highest BCUT2D eigenvalue weighted by atomic mass is 19.4. The van der Waals surface area contributed by atoms with Gasteiger partial charge in [0.1, 0.15) is 12.4 Å². The number of anilines is 2. The van der Waals surface area contributed by atoms with Crippen LogP contribution in [0.3, 0.4) is 0 Å². The van der Waals surface area contributed by atoms with Crippen molar-refractivity contribution >= 4 is 23.3 Å². The molecule has 4 rings (SSSR count). The van der Waals surface area contributed by atoms with Crippen molar-refractivity contribution in [3.63, 3.8) is 0 Å². The number of rotatable bonds is 10. The van der Waals surface area contributed by atoms with E-state index in [9.17, 15) is 22.8 Å². The molecule has 1 aliphatic heterocycles. The lowest BCUT2D eigenvalue weighted by Gasteiger charge is -2.35. The quantitative estimate of drug-likeness (QED) is 0.381. The maximum Gasteiger partial charge on any atom is 0.406 e. The number of benzene rings is 2. The van der Waals surface area contributed by atoms with Crippen LogP contribution >= 0.6 is 0 Å². The van der Waals surface area contributed by atoms with E-state index in [0.29, 0.717) is 30.2 Å². The largest absolute Gasteiger partial charge is 0.406 e. The molecule has 2 heterocycles. The Morgan fingerprint density at radius 2 is 1.76 bits per heavy atom. The first-order valence-electron chi connectivity index (χ1n) is 13.2. The molecule has 2 amide bonds. The van der Waals surface area contributed by atoms with E-state index < -0.39 is 24.5 Å². The van der Waals surface area contributed by atoms with E-state index in [1.807, 2.05) is 42.5 Å². The Morgan fingerprint density at radius 1 is 1.02 bits per heavy atom. The Bertz CT molecular complexity index is 1360. The minimum Gasteiger partial charge on any atom is -0.359 e. The number of amides is 2. The summed E-state index contributed by atoms with van der Waals surface area (Å²) < 4.78 is 38.0. The number of halogens is 3. The molecular weight excluding hydrogens is 533 g/mol. The van der Waals surface area contributed by atoms with Gasteiger partial charge in [-0.25, -0.2) is 4.98 Å². The van der Waals surface area contributed by atoms with Gasteiger partial charge in [-0.15, -0.1) is 0 Å². The molecule has 0 aliphatic carbocycles. The maximum absolute atomic E-state index is 13.3. The van der Waals surface area contributed by atoms with Crippen LogP contribution in [0.25, 0.3) is 0 Å². The number of carbonyl (C=O) groups excluding carboxylic acids is 2. The summed E-state index contributed by atoms with van der Waals surface area (Å²) in [4.78, 5) is 32.3. The molecule has 1 saturated heterocycles. The van der Waals surface area contributed by atoms with Crippen molar-refractivity contribution in [1.82, 2.24) is 15.2 Å². The van der Waals surface area contributed by atoms with Crippen molar-refractivity contribution in [2.24, 2.45) is 0 Å². The minimum atomic E-state index is -4.43. The third-order valence-electron chi connectivity index (χ3n) is 6.98. The van der Waals surface area contributed by atoms with E-state index in [1.165, 1.54) is 6.20 Å². The van der Waals surface area contributed by atoms with Crippen LogP contribution in [0.1, 0.15) is 35.4 Å². The van der Waals surface area contributed by atoms with Gasteiger partial charge in [0.2, 0.25) is 11.8 Å². The lowest BCUT2D eigenvalue weighted by atomic mass is 9.96. The monoisotopic (exact) mass is 564 g/mol. The van der Waals surface area contributed by atoms with Crippen LogP contribution in [-0.2, 0) is 9.59 Å². The topological polar surface area (TPSA) is 101 Å². The third-order valence-corrected chi connectivity index (χ3v) is 6.98. The Hall–Kier alpha value is -4.43. The molecule has 11 heteroatoms. The molecule has 3 aromatic rings. The summed E-state index contributed by atoms with van der Waals surface area (Å²) in [6, 6.07) is 22.3. The van der Waals surface area contributed by atoms with Crippen molar-refractivity contribution in [3.05, 3.63) is 89.6 Å². The van der Waals surface area contributed by atoms with Crippen LogP contribution in [0.5, 0.6) is 0 Å². The van der Waals surface area contributed by atoms with Gasteiger partial charge in [-0.2, -0.15) is 18.4 Å². The molecule has 41 heavy (non-hydrogen) atoms. The van der Waals surface area contributed by atoms with Crippen molar-refractivity contribution in [3.8, 4) is 6.07 Å².